The Bertz CT molecular complexity index is 1230. The first-order chi connectivity index (χ1) is 15.2. The standard InChI is InChI=1S/C25H29N3O5/c1-24(2,3)32-22(30)17-9-7-8-10-19(17)27-21(29)18-14-28(23(31)33-25(4,5)6)20-13-15(26)11-12-16(18)20/h7-14H,26H2,1-6H3,(H,27,29). The molecule has 0 aliphatic heterocycles. The molecule has 0 fully saturated rings. The number of carbonyl (C=O) groups is 3. The Morgan fingerprint density at radius 3 is 2.15 bits per heavy atom. The Balaban J connectivity index is 1.99. The maximum atomic E-state index is 13.2. The van der Waals surface area contributed by atoms with Crippen LogP contribution in [-0.2, 0) is 9.47 Å². The Morgan fingerprint density at radius 1 is 0.879 bits per heavy atom. The largest absolute Gasteiger partial charge is 0.456 e. The molecule has 33 heavy (non-hydrogen) atoms. The number of amides is 1. The topological polar surface area (TPSA) is 113 Å². The summed E-state index contributed by atoms with van der Waals surface area (Å²) < 4.78 is 12.2. The third kappa shape index (κ3) is 5.71. The van der Waals surface area contributed by atoms with Crippen molar-refractivity contribution in [3.8, 4) is 0 Å². The van der Waals surface area contributed by atoms with Crippen LogP contribution < -0.4 is 11.1 Å². The molecule has 3 rings (SSSR count). The normalized spacial score (nSPS) is 11.8. The minimum absolute atomic E-state index is 0.223. The smallest absolute Gasteiger partial charge is 0.419 e. The summed E-state index contributed by atoms with van der Waals surface area (Å²) in [7, 11) is 0. The molecule has 0 atom stereocenters. The highest BCUT2D eigenvalue weighted by molar-refractivity contribution is 6.15. The molecule has 8 heteroatoms. The summed E-state index contributed by atoms with van der Waals surface area (Å²) in [5.74, 6) is -1.05. The lowest BCUT2D eigenvalue weighted by atomic mass is 10.1. The molecule has 1 heterocycles. The fourth-order valence-corrected chi connectivity index (χ4v) is 3.18. The minimum atomic E-state index is -0.719. The molecule has 0 unspecified atom stereocenters. The lowest BCUT2D eigenvalue weighted by Gasteiger charge is -2.20. The first-order valence-electron chi connectivity index (χ1n) is 10.5. The van der Waals surface area contributed by atoms with Gasteiger partial charge in [-0.1, -0.05) is 12.1 Å². The van der Waals surface area contributed by atoms with E-state index in [0.29, 0.717) is 22.3 Å². The van der Waals surface area contributed by atoms with E-state index in [1.165, 1.54) is 10.8 Å². The van der Waals surface area contributed by atoms with E-state index >= 15 is 0 Å². The van der Waals surface area contributed by atoms with Crippen LogP contribution in [0.2, 0.25) is 0 Å². The minimum Gasteiger partial charge on any atom is -0.456 e. The second kappa shape index (κ2) is 8.61. The van der Waals surface area contributed by atoms with E-state index in [1.807, 2.05) is 0 Å². The molecule has 174 valence electrons. The van der Waals surface area contributed by atoms with Crippen LogP contribution in [0, 0.1) is 0 Å². The van der Waals surface area contributed by atoms with Crippen molar-refractivity contribution in [3.63, 3.8) is 0 Å². The highest BCUT2D eigenvalue weighted by atomic mass is 16.6. The molecule has 3 aromatic rings. The van der Waals surface area contributed by atoms with Gasteiger partial charge in [0, 0.05) is 17.3 Å². The monoisotopic (exact) mass is 451 g/mol. The van der Waals surface area contributed by atoms with Crippen LogP contribution in [0.15, 0.2) is 48.7 Å². The van der Waals surface area contributed by atoms with E-state index in [9.17, 15) is 14.4 Å². The predicted molar refractivity (Wildman–Crippen MR) is 128 cm³/mol. The van der Waals surface area contributed by atoms with Gasteiger partial charge in [-0.2, -0.15) is 0 Å². The van der Waals surface area contributed by atoms with Gasteiger partial charge in [-0.05, 0) is 71.9 Å². The van der Waals surface area contributed by atoms with Crippen LogP contribution in [0.1, 0.15) is 62.3 Å². The van der Waals surface area contributed by atoms with Gasteiger partial charge in [0.2, 0.25) is 0 Å². The Morgan fingerprint density at radius 2 is 1.52 bits per heavy atom. The SMILES string of the molecule is CC(C)(C)OC(=O)c1ccccc1NC(=O)c1cn(C(=O)OC(C)(C)C)c2cc(N)ccc12. The maximum absolute atomic E-state index is 13.2. The summed E-state index contributed by atoms with van der Waals surface area (Å²) in [6, 6.07) is 11.5. The van der Waals surface area contributed by atoms with Crippen LogP contribution >= 0.6 is 0 Å². The van der Waals surface area contributed by atoms with E-state index in [0.717, 1.165) is 0 Å². The molecule has 1 amide bonds. The summed E-state index contributed by atoms with van der Waals surface area (Å²) in [5, 5.41) is 3.28. The van der Waals surface area contributed by atoms with Crippen molar-refractivity contribution in [1.82, 2.24) is 4.57 Å². The first-order valence-corrected chi connectivity index (χ1v) is 10.5. The number of fused-ring (bicyclic) bond motifs is 1. The van der Waals surface area contributed by atoms with Gasteiger partial charge in [-0.3, -0.25) is 9.36 Å². The van der Waals surface area contributed by atoms with Gasteiger partial charge in [0.25, 0.3) is 5.91 Å². The number of rotatable bonds is 3. The number of nitrogens with two attached hydrogens (primary N) is 1. The van der Waals surface area contributed by atoms with E-state index in [1.54, 1.807) is 84.0 Å². The first kappa shape index (κ1) is 23.8. The third-order valence-electron chi connectivity index (χ3n) is 4.46. The van der Waals surface area contributed by atoms with E-state index in [4.69, 9.17) is 15.2 Å². The van der Waals surface area contributed by atoms with Crippen molar-refractivity contribution >= 4 is 40.2 Å². The fourth-order valence-electron chi connectivity index (χ4n) is 3.18. The van der Waals surface area contributed by atoms with Crippen molar-refractivity contribution < 1.29 is 23.9 Å². The maximum Gasteiger partial charge on any atom is 0.419 e. The molecule has 0 saturated carbocycles. The van der Waals surface area contributed by atoms with Gasteiger partial charge in [-0.15, -0.1) is 0 Å². The number of nitrogens with one attached hydrogen (secondary N) is 1. The van der Waals surface area contributed by atoms with Crippen LogP contribution in [0.5, 0.6) is 0 Å². The molecule has 3 N–H and O–H groups in total. The van der Waals surface area contributed by atoms with Crippen LogP contribution in [-0.4, -0.2) is 33.7 Å². The number of aromatic nitrogens is 1. The average Bonchev–Trinajstić information content (AvgIpc) is 3.04. The molecule has 1 aromatic heterocycles. The predicted octanol–water partition coefficient (Wildman–Crippen LogP) is 5.21. The van der Waals surface area contributed by atoms with Crippen LogP contribution in [0.25, 0.3) is 10.9 Å². The van der Waals surface area contributed by atoms with Crippen LogP contribution in [0.4, 0.5) is 16.2 Å². The van der Waals surface area contributed by atoms with E-state index < -0.39 is 29.2 Å². The Kier molecular flexibility index (Phi) is 6.22. The zero-order chi connectivity index (χ0) is 24.6. The van der Waals surface area contributed by atoms with Crippen molar-refractivity contribution in [2.45, 2.75) is 52.7 Å². The lowest BCUT2D eigenvalue weighted by Crippen LogP contribution is -2.26. The number of hydrogen-bond acceptors (Lipinski definition) is 6. The molecule has 0 aliphatic rings. The van der Waals surface area contributed by atoms with E-state index in [2.05, 4.69) is 5.32 Å². The summed E-state index contributed by atoms with van der Waals surface area (Å²) in [6.07, 6.45) is 0.773. The lowest BCUT2D eigenvalue weighted by molar-refractivity contribution is 0.00704. The quantitative estimate of drug-likeness (QED) is 0.417. The number of esters is 1. The third-order valence-corrected chi connectivity index (χ3v) is 4.46. The van der Waals surface area contributed by atoms with Crippen molar-refractivity contribution in [1.29, 1.82) is 0 Å². The van der Waals surface area contributed by atoms with E-state index in [-0.39, 0.29) is 11.1 Å². The van der Waals surface area contributed by atoms with Crippen LogP contribution in [0.3, 0.4) is 0 Å². The van der Waals surface area contributed by atoms with Gasteiger partial charge in [0.1, 0.15) is 11.2 Å². The molecule has 0 bridgehead atoms. The Labute approximate surface area is 192 Å². The number of hydrogen-bond donors (Lipinski definition) is 2. The fraction of sp³-hybridized carbons (Fsp3) is 0.320. The van der Waals surface area contributed by atoms with Gasteiger partial charge >= 0.3 is 12.1 Å². The average molecular weight is 452 g/mol. The second-order valence-electron chi connectivity index (χ2n) is 9.67. The van der Waals surface area contributed by atoms with Gasteiger partial charge in [0.15, 0.2) is 0 Å². The molecule has 0 aliphatic carbocycles. The molecule has 8 nitrogen and oxygen atoms in total. The van der Waals surface area contributed by atoms with Crippen molar-refractivity contribution in [2.24, 2.45) is 0 Å². The Hall–Kier alpha value is -3.81. The number of para-hydroxylation sites is 1. The van der Waals surface area contributed by atoms with Crippen molar-refractivity contribution in [2.75, 3.05) is 11.1 Å². The van der Waals surface area contributed by atoms with Gasteiger partial charge in [0.05, 0.1) is 22.3 Å². The summed E-state index contributed by atoms with van der Waals surface area (Å²) in [4.78, 5) is 38.6. The highest BCUT2D eigenvalue weighted by Gasteiger charge is 2.25. The summed E-state index contributed by atoms with van der Waals surface area (Å²) in [6.45, 7) is 10.6. The molecule has 0 spiro atoms. The summed E-state index contributed by atoms with van der Waals surface area (Å²) >= 11 is 0. The van der Waals surface area contributed by atoms with Crippen molar-refractivity contribution in [3.05, 3.63) is 59.8 Å². The molecule has 0 radical (unpaired) electrons. The number of ether oxygens (including phenoxy) is 2. The summed E-state index contributed by atoms with van der Waals surface area (Å²) in [5.41, 5.74) is 6.14. The number of benzene rings is 2. The molecular weight excluding hydrogens is 422 g/mol. The molecule has 2 aromatic carbocycles. The molecular formula is C25H29N3O5. The zero-order valence-corrected chi connectivity index (χ0v) is 19.7. The number of nitrogen functional groups attached to an aromatic ring is 1. The highest BCUT2D eigenvalue weighted by Crippen LogP contribution is 2.27. The number of anilines is 2. The number of carbonyl (C=O) groups excluding carboxylic acids is 3. The zero-order valence-electron chi connectivity index (χ0n) is 19.7. The van der Waals surface area contributed by atoms with Gasteiger partial charge in [-0.25, -0.2) is 9.59 Å². The van der Waals surface area contributed by atoms with Gasteiger partial charge < -0.3 is 20.5 Å². The molecule has 0 saturated heterocycles. The number of nitrogens with zero attached hydrogens (tertiary/aromatic N) is 1. The second-order valence-corrected chi connectivity index (χ2v) is 9.67.